The largest absolute Gasteiger partial charge is 0.495 e. The lowest BCUT2D eigenvalue weighted by atomic mass is 10.2. The summed E-state index contributed by atoms with van der Waals surface area (Å²) in [5.41, 5.74) is 3.16. The van der Waals surface area contributed by atoms with E-state index in [9.17, 15) is 0 Å². The molecule has 0 unspecified atom stereocenters. The van der Waals surface area contributed by atoms with Gasteiger partial charge >= 0.3 is 0 Å². The maximum absolute atomic E-state index is 6.09. The van der Waals surface area contributed by atoms with Crippen molar-refractivity contribution in [1.29, 1.82) is 0 Å². The Bertz CT molecular complexity index is 590. The summed E-state index contributed by atoms with van der Waals surface area (Å²) in [6.07, 6.45) is 1.79. The summed E-state index contributed by atoms with van der Waals surface area (Å²) in [5, 5.41) is 3.93. The lowest BCUT2D eigenvalue weighted by Crippen LogP contribution is -2.00. The number of methoxy groups -OCH3 is 1. The second kappa shape index (κ2) is 6.26. The Kier molecular flexibility index (Phi) is 4.66. The summed E-state index contributed by atoms with van der Waals surface area (Å²) in [5.74, 6) is 0.687. The first kappa shape index (κ1) is 14.2. The van der Waals surface area contributed by atoms with Gasteiger partial charge in [-0.3, -0.25) is 0 Å². The van der Waals surface area contributed by atoms with E-state index in [0.717, 1.165) is 21.4 Å². The van der Waals surface area contributed by atoms with Gasteiger partial charge in [-0.1, -0.05) is 17.7 Å². The molecule has 0 aliphatic rings. The molecular formula is C14H14BrClN2O. The summed E-state index contributed by atoms with van der Waals surface area (Å²) >= 11 is 9.47. The third kappa shape index (κ3) is 3.61. The molecule has 1 aromatic carbocycles. The van der Waals surface area contributed by atoms with Crippen molar-refractivity contribution in [1.82, 2.24) is 4.98 Å². The molecule has 1 aromatic heterocycles. The van der Waals surface area contributed by atoms with Crippen molar-refractivity contribution < 1.29 is 4.74 Å². The average molecular weight is 342 g/mol. The quantitative estimate of drug-likeness (QED) is 0.836. The maximum atomic E-state index is 6.09. The number of aryl methyl sites for hydroxylation is 1. The summed E-state index contributed by atoms with van der Waals surface area (Å²) < 4.78 is 5.99. The zero-order valence-electron chi connectivity index (χ0n) is 10.7. The van der Waals surface area contributed by atoms with E-state index in [1.807, 2.05) is 31.2 Å². The van der Waals surface area contributed by atoms with Gasteiger partial charge in [0.2, 0.25) is 0 Å². The molecule has 2 aromatic rings. The highest BCUT2D eigenvalue weighted by atomic mass is 79.9. The molecule has 0 amide bonds. The predicted octanol–water partition coefficient (Wildman–Crippen LogP) is 4.43. The van der Waals surface area contributed by atoms with E-state index >= 15 is 0 Å². The minimum atomic E-state index is 0.618. The standard InChI is InChI=1S/C14H14BrClN2O/c1-9-5-11(8-18-14(9)15)17-7-10-3-4-13(19-2)12(16)6-10/h3-6,8,17H,7H2,1-2H3. The molecule has 1 N–H and O–H groups in total. The maximum Gasteiger partial charge on any atom is 0.137 e. The fraction of sp³-hybridized carbons (Fsp3) is 0.214. The molecule has 5 heteroatoms. The minimum Gasteiger partial charge on any atom is -0.495 e. The molecule has 0 aliphatic heterocycles. The highest BCUT2D eigenvalue weighted by molar-refractivity contribution is 9.10. The molecule has 2 rings (SSSR count). The molecule has 0 atom stereocenters. The van der Waals surface area contributed by atoms with E-state index in [1.165, 1.54) is 0 Å². The van der Waals surface area contributed by atoms with Gasteiger partial charge in [0.15, 0.2) is 0 Å². The number of anilines is 1. The number of nitrogens with one attached hydrogen (secondary N) is 1. The Morgan fingerprint density at radius 1 is 1.37 bits per heavy atom. The number of rotatable bonds is 4. The lowest BCUT2D eigenvalue weighted by molar-refractivity contribution is 0.415. The van der Waals surface area contributed by atoms with Gasteiger partial charge in [-0.2, -0.15) is 0 Å². The lowest BCUT2D eigenvalue weighted by Gasteiger charge is -2.09. The third-order valence-electron chi connectivity index (χ3n) is 2.73. The Balaban J connectivity index is 2.05. The number of hydrogen-bond donors (Lipinski definition) is 1. The van der Waals surface area contributed by atoms with E-state index in [4.69, 9.17) is 16.3 Å². The molecule has 0 saturated heterocycles. The fourth-order valence-electron chi connectivity index (χ4n) is 1.68. The molecule has 0 fully saturated rings. The fourth-order valence-corrected chi connectivity index (χ4v) is 2.18. The van der Waals surface area contributed by atoms with Crippen LogP contribution in [0.4, 0.5) is 5.69 Å². The summed E-state index contributed by atoms with van der Waals surface area (Å²) in [6.45, 7) is 2.69. The average Bonchev–Trinajstić information content (AvgIpc) is 2.40. The first-order valence-corrected chi connectivity index (χ1v) is 6.95. The summed E-state index contributed by atoms with van der Waals surface area (Å²) in [4.78, 5) is 4.24. The molecule has 100 valence electrons. The predicted molar refractivity (Wildman–Crippen MR) is 82.0 cm³/mol. The smallest absolute Gasteiger partial charge is 0.137 e. The number of aromatic nitrogens is 1. The van der Waals surface area contributed by atoms with Crippen molar-refractivity contribution in [2.75, 3.05) is 12.4 Å². The molecule has 1 heterocycles. The van der Waals surface area contributed by atoms with Crippen molar-refractivity contribution in [3.63, 3.8) is 0 Å². The van der Waals surface area contributed by atoms with Crippen LogP contribution in [0.15, 0.2) is 35.1 Å². The third-order valence-corrected chi connectivity index (χ3v) is 3.85. The van der Waals surface area contributed by atoms with Crippen LogP contribution in [0.5, 0.6) is 5.75 Å². The van der Waals surface area contributed by atoms with Crippen molar-refractivity contribution in [3.8, 4) is 5.75 Å². The van der Waals surface area contributed by atoms with Crippen LogP contribution < -0.4 is 10.1 Å². The van der Waals surface area contributed by atoms with Gasteiger partial charge in [-0.05, 0) is 52.2 Å². The second-order valence-corrected chi connectivity index (χ2v) is 5.31. The zero-order chi connectivity index (χ0) is 13.8. The first-order chi connectivity index (χ1) is 9.10. The number of ether oxygens (including phenoxy) is 1. The van der Waals surface area contributed by atoms with E-state index in [0.29, 0.717) is 17.3 Å². The van der Waals surface area contributed by atoms with Crippen LogP contribution in [0.1, 0.15) is 11.1 Å². The van der Waals surface area contributed by atoms with Crippen molar-refractivity contribution >= 4 is 33.2 Å². The number of nitrogens with zero attached hydrogens (tertiary/aromatic N) is 1. The van der Waals surface area contributed by atoms with Gasteiger partial charge in [0.05, 0.1) is 24.0 Å². The SMILES string of the molecule is COc1ccc(CNc2cnc(Br)c(C)c2)cc1Cl. The molecule has 0 spiro atoms. The second-order valence-electron chi connectivity index (χ2n) is 4.15. The van der Waals surface area contributed by atoms with Gasteiger partial charge in [0.25, 0.3) is 0 Å². The molecule has 0 saturated carbocycles. The van der Waals surface area contributed by atoms with Gasteiger partial charge in [-0.25, -0.2) is 4.98 Å². The molecule has 0 bridgehead atoms. The van der Waals surface area contributed by atoms with Crippen molar-refractivity contribution in [3.05, 3.63) is 51.2 Å². The number of pyridine rings is 1. The van der Waals surface area contributed by atoms with Crippen LogP contribution in [0.2, 0.25) is 5.02 Å². The Morgan fingerprint density at radius 2 is 2.16 bits per heavy atom. The van der Waals surface area contributed by atoms with Crippen molar-refractivity contribution in [2.45, 2.75) is 13.5 Å². The molecular weight excluding hydrogens is 328 g/mol. The Morgan fingerprint density at radius 3 is 2.79 bits per heavy atom. The van der Waals surface area contributed by atoms with Crippen LogP contribution in [-0.4, -0.2) is 12.1 Å². The Hall–Kier alpha value is -1.26. The van der Waals surface area contributed by atoms with Crippen molar-refractivity contribution in [2.24, 2.45) is 0 Å². The highest BCUT2D eigenvalue weighted by Gasteiger charge is 2.03. The Labute approximate surface area is 126 Å². The van der Waals surface area contributed by atoms with Gasteiger partial charge < -0.3 is 10.1 Å². The number of benzene rings is 1. The first-order valence-electron chi connectivity index (χ1n) is 5.78. The van der Waals surface area contributed by atoms with Crippen LogP contribution in [0.25, 0.3) is 0 Å². The van der Waals surface area contributed by atoms with E-state index in [2.05, 4.69) is 26.2 Å². The van der Waals surface area contributed by atoms with E-state index in [-0.39, 0.29) is 0 Å². The molecule has 0 aliphatic carbocycles. The number of hydrogen-bond acceptors (Lipinski definition) is 3. The topological polar surface area (TPSA) is 34.1 Å². The molecule has 19 heavy (non-hydrogen) atoms. The van der Waals surface area contributed by atoms with Crippen LogP contribution in [0.3, 0.4) is 0 Å². The van der Waals surface area contributed by atoms with E-state index < -0.39 is 0 Å². The monoisotopic (exact) mass is 340 g/mol. The van der Waals surface area contributed by atoms with Crippen LogP contribution in [-0.2, 0) is 6.54 Å². The molecule has 3 nitrogen and oxygen atoms in total. The highest BCUT2D eigenvalue weighted by Crippen LogP contribution is 2.25. The normalized spacial score (nSPS) is 10.3. The summed E-state index contributed by atoms with van der Waals surface area (Å²) in [7, 11) is 1.61. The molecule has 0 radical (unpaired) electrons. The van der Waals surface area contributed by atoms with Gasteiger partial charge in [0, 0.05) is 6.54 Å². The number of halogens is 2. The van der Waals surface area contributed by atoms with Gasteiger partial charge in [0.1, 0.15) is 10.4 Å². The van der Waals surface area contributed by atoms with E-state index in [1.54, 1.807) is 13.3 Å². The van der Waals surface area contributed by atoms with Gasteiger partial charge in [-0.15, -0.1) is 0 Å². The van der Waals surface area contributed by atoms with Crippen LogP contribution >= 0.6 is 27.5 Å². The van der Waals surface area contributed by atoms with Crippen LogP contribution in [0, 0.1) is 6.92 Å². The zero-order valence-corrected chi connectivity index (χ0v) is 13.0. The summed E-state index contributed by atoms with van der Waals surface area (Å²) in [6, 6.07) is 7.79. The minimum absolute atomic E-state index is 0.618.